The van der Waals surface area contributed by atoms with Crippen molar-refractivity contribution in [2.24, 2.45) is 0 Å². The Hall–Kier alpha value is -3.99. The smallest absolute Gasteiger partial charge is 0.172 e. The Morgan fingerprint density at radius 2 is 1.23 bits per heavy atom. The molecule has 1 aromatic heterocycles. The van der Waals surface area contributed by atoms with Crippen LogP contribution in [0.3, 0.4) is 0 Å². The van der Waals surface area contributed by atoms with Gasteiger partial charge in [-0.1, -0.05) is 72.3 Å². The summed E-state index contributed by atoms with van der Waals surface area (Å²) in [5.74, 6) is 2.60. The molecule has 35 heavy (non-hydrogen) atoms. The van der Waals surface area contributed by atoms with Crippen molar-refractivity contribution in [3.8, 4) is 23.0 Å². The standard InChI is InChI=1S/C30H18ClNO2S/c31-22-17-27-28(34-26-15-6-5-14-25(26)33-27)18-24(22)32(19-9-2-1-3-10-19)23-13-8-12-21-20-11-4-7-16-29(20)35-30(21)23/h1-18H. The van der Waals surface area contributed by atoms with Crippen LogP contribution in [0.25, 0.3) is 20.2 Å². The van der Waals surface area contributed by atoms with Crippen LogP contribution in [0.2, 0.25) is 5.02 Å². The minimum atomic E-state index is 0.577. The zero-order chi connectivity index (χ0) is 23.4. The number of hydrogen-bond acceptors (Lipinski definition) is 4. The van der Waals surface area contributed by atoms with Gasteiger partial charge in [-0.2, -0.15) is 0 Å². The number of para-hydroxylation sites is 3. The fourth-order valence-corrected chi connectivity index (χ4v) is 6.05. The molecule has 0 radical (unpaired) electrons. The third-order valence-electron chi connectivity index (χ3n) is 6.18. The lowest BCUT2D eigenvalue weighted by molar-refractivity contribution is 0.360. The molecule has 0 amide bonds. The molecule has 0 saturated heterocycles. The Morgan fingerprint density at radius 1 is 0.571 bits per heavy atom. The van der Waals surface area contributed by atoms with Gasteiger partial charge in [0.2, 0.25) is 0 Å². The summed E-state index contributed by atoms with van der Waals surface area (Å²) in [6, 6.07) is 36.7. The molecule has 3 nitrogen and oxygen atoms in total. The van der Waals surface area contributed by atoms with Crippen LogP contribution in [0, 0.1) is 0 Å². The van der Waals surface area contributed by atoms with Crippen molar-refractivity contribution in [1.29, 1.82) is 0 Å². The third-order valence-corrected chi connectivity index (χ3v) is 7.69. The van der Waals surface area contributed by atoms with E-state index in [4.69, 9.17) is 21.1 Å². The lowest BCUT2D eigenvalue weighted by Gasteiger charge is -2.29. The molecule has 0 aliphatic carbocycles. The second-order valence-electron chi connectivity index (χ2n) is 8.32. The van der Waals surface area contributed by atoms with E-state index in [1.54, 1.807) is 11.3 Å². The lowest BCUT2D eigenvalue weighted by atomic mass is 10.1. The Morgan fingerprint density at radius 3 is 2.03 bits per heavy atom. The zero-order valence-corrected chi connectivity index (χ0v) is 20.0. The van der Waals surface area contributed by atoms with E-state index in [0.717, 1.165) is 17.1 Å². The fraction of sp³-hybridized carbons (Fsp3) is 0. The Kier molecular flexibility index (Phi) is 4.69. The first kappa shape index (κ1) is 20.4. The van der Waals surface area contributed by atoms with Crippen LogP contribution in [0.1, 0.15) is 0 Å². The predicted octanol–water partition coefficient (Wildman–Crippen LogP) is 10.1. The van der Waals surface area contributed by atoms with Gasteiger partial charge in [-0.25, -0.2) is 0 Å². The van der Waals surface area contributed by atoms with Gasteiger partial charge in [0.05, 0.1) is 21.1 Å². The molecule has 5 aromatic carbocycles. The number of rotatable bonds is 3. The van der Waals surface area contributed by atoms with Gasteiger partial charge in [0.15, 0.2) is 23.0 Å². The van der Waals surface area contributed by atoms with Crippen molar-refractivity contribution < 1.29 is 9.47 Å². The highest BCUT2D eigenvalue weighted by atomic mass is 35.5. The molecule has 5 heteroatoms. The van der Waals surface area contributed by atoms with Crippen molar-refractivity contribution in [3.05, 3.63) is 114 Å². The summed E-state index contributed by atoms with van der Waals surface area (Å²) < 4.78 is 14.8. The van der Waals surface area contributed by atoms with Gasteiger partial charge in [0, 0.05) is 33.3 Å². The van der Waals surface area contributed by atoms with Crippen LogP contribution in [-0.4, -0.2) is 0 Å². The highest BCUT2D eigenvalue weighted by molar-refractivity contribution is 7.26. The first-order valence-corrected chi connectivity index (χ1v) is 12.5. The summed E-state index contributed by atoms with van der Waals surface area (Å²) in [4.78, 5) is 2.20. The molecule has 168 valence electrons. The summed E-state index contributed by atoms with van der Waals surface area (Å²) in [5.41, 5.74) is 2.90. The maximum atomic E-state index is 6.94. The third kappa shape index (κ3) is 3.34. The molecular weight excluding hydrogens is 474 g/mol. The number of benzene rings is 5. The van der Waals surface area contributed by atoms with E-state index in [1.165, 1.54) is 20.2 Å². The van der Waals surface area contributed by atoms with Gasteiger partial charge >= 0.3 is 0 Å². The van der Waals surface area contributed by atoms with Crippen LogP contribution in [-0.2, 0) is 0 Å². The minimum absolute atomic E-state index is 0.577. The molecule has 0 saturated carbocycles. The van der Waals surface area contributed by atoms with Gasteiger partial charge in [-0.05, 0) is 36.4 Å². The second-order valence-corrected chi connectivity index (χ2v) is 9.78. The molecule has 6 aromatic rings. The van der Waals surface area contributed by atoms with E-state index >= 15 is 0 Å². The van der Waals surface area contributed by atoms with E-state index in [1.807, 2.05) is 54.6 Å². The van der Waals surface area contributed by atoms with E-state index in [-0.39, 0.29) is 0 Å². The molecule has 0 atom stereocenters. The second kappa shape index (κ2) is 8.05. The largest absolute Gasteiger partial charge is 0.449 e. The summed E-state index contributed by atoms with van der Waals surface area (Å²) in [5, 5.41) is 3.06. The van der Waals surface area contributed by atoms with Gasteiger partial charge in [-0.3, -0.25) is 0 Å². The van der Waals surface area contributed by atoms with Crippen LogP contribution in [0.5, 0.6) is 23.0 Å². The maximum Gasteiger partial charge on any atom is 0.172 e. The van der Waals surface area contributed by atoms with E-state index < -0.39 is 0 Å². The average molecular weight is 492 g/mol. The number of ether oxygens (including phenoxy) is 2. The zero-order valence-electron chi connectivity index (χ0n) is 18.4. The lowest BCUT2D eigenvalue weighted by Crippen LogP contribution is -2.11. The monoisotopic (exact) mass is 491 g/mol. The topological polar surface area (TPSA) is 21.7 Å². The molecule has 2 heterocycles. The number of hydrogen-bond donors (Lipinski definition) is 0. The molecular formula is C30H18ClNO2S. The highest BCUT2D eigenvalue weighted by Gasteiger charge is 2.25. The Labute approximate surface area is 211 Å². The highest BCUT2D eigenvalue weighted by Crippen LogP contribution is 2.52. The number of anilines is 3. The number of halogens is 1. The SMILES string of the molecule is Clc1cc2c(cc1N(c1ccccc1)c1cccc3c1sc1ccccc13)Oc1ccccc1O2. The molecule has 0 fully saturated rings. The molecule has 0 bridgehead atoms. The molecule has 7 rings (SSSR count). The molecule has 0 spiro atoms. The van der Waals surface area contributed by atoms with Crippen LogP contribution in [0.15, 0.2) is 109 Å². The van der Waals surface area contributed by atoms with E-state index in [9.17, 15) is 0 Å². The number of fused-ring (bicyclic) bond motifs is 5. The average Bonchev–Trinajstić information content (AvgIpc) is 3.28. The quantitative estimate of drug-likeness (QED) is 0.245. The van der Waals surface area contributed by atoms with Crippen LogP contribution < -0.4 is 14.4 Å². The van der Waals surface area contributed by atoms with Crippen LogP contribution in [0.4, 0.5) is 17.1 Å². The maximum absolute atomic E-state index is 6.94. The van der Waals surface area contributed by atoms with Crippen molar-refractivity contribution in [1.82, 2.24) is 0 Å². The fourth-order valence-electron chi connectivity index (χ4n) is 4.60. The Bertz CT molecular complexity index is 1730. The predicted molar refractivity (Wildman–Crippen MR) is 146 cm³/mol. The first-order chi connectivity index (χ1) is 17.3. The van der Waals surface area contributed by atoms with Gasteiger partial charge in [0.1, 0.15) is 0 Å². The number of thiophene rings is 1. The van der Waals surface area contributed by atoms with E-state index in [2.05, 4.69) is 59.5 Å². The van der Waals surface area contributed by atoms with Crippen molar-refractivity contribution in [2.75, 3.05) is 4.90 Å². The van der Waals surface area contributed by atoms with Gasteiger partial charge < -0.3 is 14.4 Å². The van der Waals surface area contributed by atoms with Crippen molar-refractivity contribution in [2.45, 2.75) is 0 Å². The van der Waals surface area contributed by atoms with Gasteiger partial charge in [0.25, 0.3) is 0 Å². The van der Waals surface area contributed by atoms with Crippen molar-refractivity contribution in [3.63, 3.8) is 0 Å². The summed E-state index contributed by atoms with van der Waals surface area (Å²) in [6.45, 7) is 0. The molecule has 0 unspecified atom stereocenters. The van der Waals surface area contributed by atoms with Crippen molar-refractivity contribution >= 4 is 60.2 Å². The Balaban J connectivity index is 1.46. The molecule has 0 N–H and O–H groups in total. The van der Waals surface area contributed by atoms with E-state index in [0.29, 0.717) is 28.0 Å². The first-order valence-electron chi connectivity index (χ1n) is 11.3. The summed E-state index contributed by atoms with van der Waals surface area (Å²) >= 11 is 8.73. The van der Waals surface area contributed by atoms with Crippen LogP contribution >= 0.6 is 22.9 Å². The summed E-state index contributed by atoms with van der Waals surface area (Å²) in [6.07, 6.45) is 0. The minimum Gasteiger partial charge on any atom is -0.449 e. The molecule has 1 aliphatic rings. The normalized spacial score (nSPS) is 12.0. The summed E-state index contributed by atoms with van der Waals surface area (Å²) in [7, 11) is 0. The molecule has 1 aliphatic heterocycles. The van der Waals surface area contributed by atoms with Gasteiger partial charge in [-0.15, -0.1) is 11.3 Å². The number of nitrogens with zero attached hydrogens (tertiary/aromatic N) is 1.